The van der Waals surface area contributed by atoms with Crippen LogP contribution in [0.15, 0.2) is 24.3 Å². The number of amides is 1. The number of rotatable bonds is 2. The minimum atomic E-state index is -0.347. The maximum absolute atomic E-state index is 11.0. The monoisotopic (exact) mass is 240 g/mol. The molecular formula is C12H17ClN2O. The van der Waals surface area contributed by atoms with Crippen molar-refractivity contribution in [3.05, 3.63) is 35.4 Å². The van der Waals surface area contributed by atoms with Gasteiger partial charge in [-0.3, -0.25) is 4.79 Å². The zero-order valence-electron chi connectivity index (χ0n) is 9.11. The molecule has 1 aliphatic heterocycles. The third kappa shape index (κ3) is 2.97. The van der Waals surface area contributed by atoms with E-state index in [1.54, 1.807) is 6.07 Å². The van der Waals surface area contributed by atoms with E-state index in [9.17, 15) is 4.79 Å². The number of hydrogen-bond acceptors (Lipinski definition) is 2. The summed E-state index contributed by atoms with van der Waals surface area (Å²) in [5.74, 6) is 0.179. The van der Waals surface area contributed by atoms with E-state index in [-0.39, 0.29) is 18.3 Å². The molecule has 1 atom stereocenters. The van der Waals surface area contributed by atoms with Crippen LogP contribution in [0.25, 0.3) is 0 Å². The molecule has 1 amide bonds. The fourth-order valence-electron chi connectivity index (χ4n) is 2.08. The van der Waals surface area contributed by atoms with Crippen LogP contribution >= 0.6 is 12.4 Å². The highest BCUT2D eigenvalue weighted by atomic mass is 35.5. The Morgan fingerprint density at radius 1 is 1.44 bits per heavy atom. The second-order valence-electron chi connectivity index (χ2n) is 4.03. The van der Waals surface area contributed by atoms with E-state index in [2.05, 4.69) is 11.4 Å². The van der Waals surface area contributed by atoms with Gasteiger partial charge in [-0.25, -0.2) is 0 Å². The quantitative estimate of drug-likeness (QED) is 0.827. The molecule has 1 fully saturated rings. The van der Waals surface area contributed by atoms with Crippen molar-refractivity contribution in [2.24, 2.45) is 5.73 Å². The molecule has 1 aromatic rings. The number of piperidine rings is 1. The highest BCUT2D eigenvalue weighted by Crippen LogP contribution is 2.23. The first-order chi connectivity index (χ1) is 7.27. The average Bonchev–Trinajstić information content (AvgIpc) is 2.30. The molecule has 2 rings (SSSR count). The molecule has 4 heteroatoms. The zero-order valence-corrected chi connectivity index (χ0v) is 9.93. The van der Waals surface area contributed by atoms with Gasteiger partial charge in [0.15, 0.2) is 0 Å². The molecule has 0 bridgehead atoms. The number of hydrogen-bond donors (Lipinski definition) is 2. The summed E-state index contributed by atoms with van der Waals surface area (Å²) in [7, 11) is 0. The number of benzene rings is 1. The average molecular weight is 241 g/mol. The van der Waals surface area contributed by atoms with Crippen molar-refractivity contribution in [2.45, 2.75) is 18.8 Å². The van der Waals surface area contributed by atoms with E-state index in [0.717, 1.165) is 13.1 Å². The van der Waals surface area contributed by atoms with Crippen molar-refractivity contribution >= 4 is 18.3 Å². The van der Waals surface area contributed by atoms with E-state index in [1.165, 1.54) is 18.4 Å². The van der Waals surface area contributed by atoms with Gasteiger partial charge in [-0.05, 0) is 43.0 Å². The Labute approximate surface area is 102 Å². The standard InChI is InChI=1S/C12H16N2O.ClH/c13-12(15)10-4-1-3-9(7-10)11-5-2-6-14-8-11;/h1,3-4,7,11,14H,2,5-6,8H2,(H2,13,15);1H. The Bertz CT molecular complexity index is 362. The minimum absolute atomic E-state index is 0. The van der Waals surface area contributed by atoms with Crippen molar-refractivity contribution in [3.8, 4) is 0 Å². The molecule has 0 spiro atoms. The third-order valence-electron chi connectivity index (χ3n) is 2.94. The maximum atomic E-state index is 11.0. The van der Waals surface area contributed by atoms with Crippen LogP contribution < -0.4 is 11.1 Å². The van der Waals surface area contributed by atoms with Gasteiger partial charge in [0.1, 0.15) is 0 Å². The lowest BCUT2D eigenvalue weighted by molar-refractivity contribution is 0.1000. The summed E-state index contributed by atoms with van der Waals surface area (Å²) in [6.45, 7) is 2.11. The number of primary amides is 1. The Hall–Kier alpha value is -1.06. The number of nitrogens with two attached hydrogens (primary N) is 1. The Kier molecular flexibility index (Phi) is 4.77. The fourth-order valence-corrected chi connectivity index (χ4v) is 2.08. The molecule has 0 saturated carbocycles. The summed E-state index contributed by atoms with van der Waals surface area (Å²) in [4.78, 5) is 11.0. The Morgan fingerprint density at radius 3 is 2.88 bits per heavy atom. The number of carbonyl (C=O) groups is 1. The lowest BCUT2D eigenvalue weighted by atomic mass is 9.91. The molecule has 1 heterocycles. The smallest absolute Gasteiger partial charge is 0.248 e. The van der Waals surface area contributed by atoms with Crippen molar-refractivity contribution in [2.75, 3.05) is 13.1 Å². The summed E-state index contributed by atoms with van der Waals surface area (Å²) >= 11 is 0. The summed E-state index contributed by atoms with van der Waals surface area (Å²) in [6.07, 6.45) is 2.39. The predicted molar refractivity (Wildman–Crippen MR) is 67.1 cm³/mol. The van der Waals surface area contributed by atoms with Crippen LogP contribution in [0.5, 0.6) is 0 Å². The number of nitrogens with one attached hydrogen (secondary N) is 1. The maximum Gasteiger partial charge on any atom is 0.248 e. The van der Waals surface area contributed by atoms with Crippen molar-refractivity contribution in [1.29, 1.82) is 0 Å². The van der Waals surface area contributed by atoms with Crippen LogP contribution in [0, 0.1) is 0 Å². The molecule has 0 aromatic heterocycles. The highest BCUT2D eigenvalue weighted by molar-refractivity contribution is 5.92. The molecule has 1 saturated heterocycles. The first-order valence-electron chi connectivity index (χ1n) is 5.38. The molecule has 1 unspecified atom stereocenters. The van der Waals surface area contributed by atoms with Gasteiger partial charge in [-0.1, -0.05) is 12.1 Å². The van der Waals surface area contributed by atoms with Crippen molar-refractivity contribution < 1.29 is 4.79 Å². The normalized spacial score (nSPS) is 19.9. The van der Waals surface area contributed by atoms with Crippen LogP contribution in [0.2, 0.25) is 0 Å². The second kappa shape index (κ2) is 5.87. The molecule has 0 aliphatic carbocycles. The Balaban J connectivity index is 0.00000128. The van der Waals surface area contributed by atoms with Crippen LogP contribution in [0.4, 0.5) is 0 Å². The summed E-state index contributed by atoms with van der Waals surface area (Å²) in [6, 6.07) is 7.66. The second-order valence-corrected chi connectivity index (χ2v) is 4.03. The van der Waals surface area contributed by atoms with E-state index < -0.39 is 0 Å². The molecule has 0 radical (unpaired) electrons. The third-order valence-corrected chi connectivity index (χ3v) is 2.94. The van der Waals surface area contributed by atoms with Crippen LogP contribution in [0.1, 0.15) is 34.7 Å². The molecule has 1 aliphatic rings. The highest BCUT2D eigenvalue weighted by Gasteiger charge is 2.15. The molecule has 3 N–H and O–H groups in total. The molecule has 88 valence electrons. The van der Waals surface area contributed by atoms with E-state index >= 15 is 0 Å². The van der Waals surface area contributed by atoms with Crippen LogP contribution in [-0.4, -0.2) is 19.0 Å². The largest absolute Gasteiger partial charge is 0.366 e. The van der Waals surface area contributed by atoms with E-state index in [0.29, 0.717) is 11.5 Å². The zero-order chi connectivity index (χ0) is 10.7. The molecular weight excluding hydrogens is 224 g/mol. The topological polar surface area (TPSA) is 55.1 Å². The van der Waals surface area contributed by atoms with Gasteiger partial charge in [0.05, 0.1) is 0 Å². The number of carbonyl (C=O) groups excluding carboxylic acids is 1. The van der Waals surface area contributed by atoms with Gasteiger partial charge in [-0.15, -0.1) is 12.4 Å². The van der Waals surface area contributed by atoms with Crippen LogP contribution in [-0.2, 0) is 0 Å². The van der Waals surface area contributed by atoms with Crippen molar-refractivity contribution in [3.63, 3.8) is 0 Å². The molecule has 16 heavy (non-hydrogen) atoms. The van der Waals surface area contributed by atoms with Gasteiger partial charge in [0.25, 0.3) is 0 Å². The predicted octanol–water partition coefficient (Wildman–Crippen LogP) is 1.67. The van der Waals surface area contributed by atoms with Gasteiger partial charge in [0, 0.05) is 12.1 Å². The molecule has 3 nitrogen and oxygen atoms in total. The lowest BCUT2D eigenvalue weighted by Gasteiger charge is -2.23. The lowest BCUT2D eigenvalue weighted by Crippen LogP contribution is -2.28. The first kappa shape index (κ1) is 13.0. The van der Waals surface area contributed by atoms with Gasteiger partial charge < -0.3 is 11.1 Å². The van der Waals surface area contributed by atoms with Gasteiger partial charge >= 0.3 is 0 Å². The minimum Gasteiger partial charge on any atom is -0.366 e. The SMILES string of the molecule is Cl.NC(=O)c1cccc(C2CCCNC2)c1. The first-order valence-corrected chi connectivity index (χ1v) is 5.38. The fraction of sp³-hybridized carbons (Fsp3) is 0.417. The van der Waals surface area contributed by atoms with E-state index in [1.807, 2.05) is 12.1 Å². The number of halogens is 1. The van der Waals surface area contributed by atoms with Gasteiger partial charge in [0.2, 0.25) is 5.91 Å². The summed E-state index contributed by atoms with van der Waals surface area (Å²) in [5, 5.41) is 3.37. The summed E-state index contributed by atoms with van der Waals surface area (Å²) in [5.41, 5.74) is 7.09. The Morgan fingerprint density at radius 2 is 2.25 bits per heavy atom. The van der Waals surface area contributed by atoms with Gasteiger partial charge in [-0.2, -0.15) is 0 Å². The van der Waals surface area contributed by atoms with Crippen molar-refractivity contribution in [1.82, 2.24) is 5.32 Å². The summed E-state index contributed by atoms with van der Waals surface area (Å²) < 4.78 is 0. The van der Waals surface area contributed by atoms with E-state index in [4.69, 9.17) is 5.73 Å². The van der Waals surface area contributed by atoms with Crippen LogP contribution in [0.3, 0.4) is 0 Å². The molecule has 1 aromatic carbocycles.